The summed E-state index contributed by atoms with van der Waals surface area (Å²) in [7, 11) is 1.49. The Morgan fingerprint density at radius 1 is 1.69 bits per heavy atom. The molecule has 88 valence electrons. The Labute approximate surface area is 92.8 Å². The number of hydrogen-bond acceptors (Lipinski definition) is 4. The van der Waals surface area contributed by atoms with E-state index >= 15 is 0 Å². The number of aromatic nitrogens is 2. The molecule has 0 radical (unpaired) electrons. The second kappa shape index (κ2) is 4.52. The van der Waals surface area contributed by atoms with Gasteiger partial charge >= 0.3 is 5.97 Å². The molecule has 1 saturated heterocycles. The summed E-state index contributed by atoms with van der Waals surface area (Å²) in [5.41, 5.74) is -0.0222. The van der Waals surface area contributed by atoms with Crippen LogP contribution in [-0.4, -0.2) is 34.6 Å². The van der Waals surface area contributed by atoms with Crippen molar-refractivity contribution in [3.05, 3.63) is 11.8 Å². The van der Waals surface area contributed by atoms with Crippen LogP contribution in [0.3, 0.4) is 0 Å². The Balaban J connectivity index is 2.26. The van der Waals surface area contributed by atoms with E-state index in [4.69, 9.17) is 14.6 Å². The number of hydrogen-bond donors (Lipinski definition) is 1. The van der Waals surface area contributed by atoms with Crippen LogP contribution in [-0.2, 0) is 4.74 Å². The van der Waals surface area contributed by atoms with Crippen LogP contribution in [0.1, 0.15) is 36.0 Å². The van der Waals surface area contributed by atoms with Gasteiger partial charge < -0.3 is 14.6 Å². The molecule has 1 aromatic heterocycles. The molecule has 0 aromatic carbocycles. The molecule has 0 spiro atoms. The predicted octanol–water partition coefficient (Wildman–Crippen LogP) is 1.29. The van der Waals surface area contributed by atoms with E-state index in [1.54, 1.807) is 0 Å². The smallest absolute Gasteiger partial charge is 0.356 e. The monoisotopic (exact) mass is 226 g/mol. The second-order valence-electron chi connectivity index (χ2n) is 3.64. The Hall–Kier alpha value is -1.56. The molecular weight excluding hydrogens is 212 g/mol. The molecule has 6 nitrogen and oxygen atoms in total. The zero-order valence-electron chi connectivity index (χ0n) is 9.05. The quantitative estimate of drug-likeness (QED) is 0.840. The first-order valence-corrected chi connectivity index (χ1v) is 5.21. The summed E-state index contributed by atoms with van der Waals surface area (Å²) in [6.07, 6.45) is 2.70. The summed E-state index contributed by atoms with van der Waals surface area (Å²) < 4.78 is 12.1. The van der Waals surface area contributed by atoms with Crippen LogP contribution in [0.2, 0.25) is 0 Å². The molecule has 1 fully saturated rings. The highest BCUT2D eigenvalue weighted by Gasteiger charge is 2.22. The largest absolute Gasteiger partial charge is 0.481 e. The lowest BCUT2D eigenvalue weighted by molar-refractivity contribution is -0.0433. The van der Waals surface area contributed by atoms with Crippen LogP contribution in [0.15, 0.2) is 6.07 Å². The maximum absolute atomic E-state index is 10.8. The highest BCUT2D eigenvalue weighted by atomic mass is 16.5. The minimum absolute atomic E-state index is 0.0222. The molecule has 0 amide bonds. The first kappa shape index (κ1) is 10.9. The van der Waals surface area contributed by atoms with Gasteiger partial charge in [-0.2, -0.15) is 5.10 Å². The number of nitrogens with zero attached hydrogens (tertiary/aromatic N) is 2. The van der Waals surface area contributed by atoms with E-state index in [1.807, 2.05) is 0 Å². The summed E-state index contributed by atoms with van der Waals surface area (Å²) in [6.45, 7) is 0.677. The molecule has 1 aliphatic rings. The van der Waals surface area contributed by atoms with Crippen LogP contribution < -0.4 is 4.74 Å². The van der Waals surface area contributed by atoms with Crippen LogP contribution in [0.4, 0.5) is 0 Å². The molecule has 6 heteroatoms. The maximum atomic E-state index is 10.8. The van der Waals surface area contributed by atoms with Crippen molar-refractivity contribution in [3.8, 4) is 5.88 Å². The Bertz CT molecular complexity index is 382. The van der Waals surface area contributed by atoms with Crippen molar-refractivity contribution in [2.24, 2.45) is 0 Å². The summed E-state index contributed by atoms with van der Waals surface area (Å²) in [5, 5.41) is 12.8. The molecule has 2 heterocycles. The van der Waals surface area contributed by atoms with Gasteiger partial charge in [-0.3, -0.25) is 0 Å². The standard InChI is InChI=1S/C10H14N2O4/c1-15-9-6-7(10(13)14)11-12(9)8-4-2-3-5-16-8/h6,8H,2-5H2,1H3,(H,13,14). The lowest BCUT2D eigenvalue weighted by atomic mass is 10.2. The van der Waals surface area contributed by atoms with Gasteiger partial charge in [0.25, 0.3) is 0 Å². The lowest BCUT2D eigenvalue weighted by Gasteiger charge is -2.23. The van der Waals surface area contributed by atoms with Crippen LogP contribution in [0.25, 0.3) is 0 Å². The number of carboxylic acid groups (broad SMARTS) is 1. The number of carbonyl (C=O) groups is 1. The summed E-state index contributed by atoms with van der Waals surface area (Å²) in [6, 6.07) is 1.40. The number of methoxy groups -OCH3 is 1. The molecule has 16 heavy (non-hydrogen) atoms. The average Bonchev–Trinajstić information content (AvgIpc) is 2.74. The van der Waals surface area contributed by atoms with Crippen molar-refractivity contribution < 1.29 is 19.4 Å². The van der Waals surface area contributed by atoms with E-state index < -0.39 is 5.97 Å². The van der Waals surface area contributed by atoms with E-state index in [-0.39, 0.29) is 11.9 Å². The van der Waals surface area contributed by atoms with E-state index in [0.717, 1.165) is 19.3 Å². The average molecular weight is 226 g/mol. The first-order valence-electron chi connectivity index (χ1n) is 5.21. The van der Waals surface area contributed by atoms with Crippen LogP contribution in [0.5, 0.6) is 5.88 Å². The third-order valence-corrected chi connectivity index (χ3v) is 2.56. The third-order valence-electron chi connectivity index (χ3n) is 2.56. The molecule has 1 N–H and O–H groups in total. The zero-order chi connectivity index (χ0) is 11.5. The number of ether oxygens (including phenoxy) is 2. The minimum Gasteiger partial charge on any atom is -0.481 e. The number of aromatic carboxylic acids is 1. The van der Waals surface area contributed by atoms with Gasteiger partial charge in [0.2, 0.25) is 5.88 Å². The van der Waals surface area contributed by atoms with Gasteiger partial charge in [0.15, 0.2) is 11.9 Å². The summed E-state index contributed by atoms with van der Waals surface area (Å²) in [5.74, 6) is -0.642. The molecule has 0 bridgehead atoms. The Morgan fingerprint density at radius 2 is 2.50 bits per heavy atom. The van der Waals surface area contributed by atoms with Crippen molar-refractivity contribution in [1.29, 1.82) is 0 Å². The molecule has 2 rings (SSSR count). The van der Waals surface area contributed by atoms with Gasteiger partial charge in [-0.25, -0.2) is 9.48 Å². The van der Waals surface area contributed by atoms with Crippen molar-refractivity contribution in [3.63, 3.8) is 0 Å². The van der Waals surface area contributed by atoms with Gasteiger partial charge in [-0.05, 0) is 19.3 Å². The van der Waals surface area contributed by atoms with Crippen LogP contribution in [0, 0.1) is 0 Å². The number of carboxylic acids is 1. The van der Waals surface area contributed by atoms with Gasteiger partial charge in [0.1, 0.15) is 0 Å². The van der Waals surface area contributed by atoms with Crippen LogP contribution >= 0.6 is 0 Å². The fourth-order valence-electron chi connectivity index (χ4n) is 1.76. The van der Waals surface area contributed by atoms with Crippen molar-refractivity contribution in [2.75, 3.05) is 13.7 Å². The van der Waals surface area contributed by atoms with Gasteiger partial charge in [0.05, 0.1) is 7.11 Å². The maximum Gasteiger partial charge on any atom is 0.356 e. The molecule has 1 atom stereocenters. The van der Waals surface area contributed by atoms with Crippen molar-refractivity contribution in [1.82, 2.24) is 9.78 Å². The highest BCUT2D eigenvalue weighted by Crippen LogP contribution is 2.27. The summed E-state index contributed by atoms with van der Waals surface area (Å²) >= 11 is 0. The molecule has 1 aliphatic heterocycles. The van der Waals surface area contributed by atoms with Gasteiger partial charge in [0, 0.05) is 12.7 Å². The Morgan fingerprint density at radius 3 is 3.06 bits per heavy atom. The predicted molar refractivity (Wildman–Crippen MR) is 54.6 cm³/mol. The normalized spacial score (nSPS) is 20.7. The zero-order valence-corrected chi connectivity index (χ0v) is 9.05. The lowest BCUT2D eigenvalue weighted by Crippen LogP contribution is -2.20. The van der Waals surface area contributed by atoms with Crippen molar-refractivity contribution in [2.45, 2.75) is 25.5 Å². The number of rotatable bonds is 3. The molecule has 0 saturated carbocycles. The van der Waals surface area contributed by atoms with Gasteiger partial charge in [-0.1, -0.05) is 0 Å². The van der Waals surface area contributed by atoms with E-state index in [1.165, 1.54) is 17.9 Å². The minimum atomic E-state index is -1.06. The topological polar surface area (TPSA) is 73.6 Å². The Kier molecular flexibility index (Phi) is 3.09. The fourth-order valence-corrected chi connectivity index (χ4v) is 1.76. The highest BCUT2D eigenvalue weighted by molar-refractivity contribution is 5.85. The molecule has 1 unspecified atom stereocenters. The van der Waals surface area contributed by atoms with E-state index in [9.17, 15) is 4.79 Å². The molecule has 1 aromatic rings. The van der Waals surface area contributed by atoms with E-state index in [0.29, 0.717) is 12.5 Å². The van der Waals surface area contributed by atoms with Gasteiger partial charge in [-0.15, -0.1) is 0 Å². The van der Waals surface area contributed by atoms with Crippen molar-refractivity contribution >= 4 is 5.97 Å². The fraction of sp³-hybridized carbons (Fsp3) is 0.600. The van der Waals surface area contributed by atoms with E-state index in [2.05, 4.69) is 5.10 Å². The SMILES string of the molecule is COc1cc(C(=O)O)nn1C1CCCCO1. The third kappa shape index (κ3) is 2.01. The second-order valence-corrected chi connectivity index (χ2v) is 3.64. The molecular formula is C10H14N2O4. The summed E-state index contributed by atoms with van der Waals surface area (Å²) in [4.78, 5) is 10.8. The molecule has 0 aliphatic carbocycles. The first-order chi connectivity index (χ1) is 7.72.